The van der Waals surface area contributed by atoms with E-state index in [1.54, 1.807) is 20.0 Å². The van der Waals surface area contributed by atoms with Crippen molar-refractivity contribution < 1.29 is 24.3 Å². The molecule has 0 aliphatic heterocycles. The largest absolute Gasteiger partial charge is 0.480 e. The first-order valence-electron chi connectivity index (χ1n) is 8.00. The topological polar surface area (TPSA) is 179 Å². The molecule has 0 radical (unpaired) electrons. The number of hydrogen-bond acceptors (Lipinski definition) is 6. The van der Waals surface area contributed by atoms with E-state index in [9.17, 15) is 19.2 Å². The van der Waals surface area contributed by atoms with Crippen molar-refractivity contribution in [2.24, 2.45) is 11.7 Å². The Balaban J connectivity index is 2.30. The van der Waals surface area contributed by atoms with Gasteiger partial charge in [-0.1, -0.05) is 13.8 Å². The molecule has 1 rings (SSSR count). The van der Waals surface area contributed by atoms with Crippen LogP contribution < -0.4 is 21.7 Å². The summed E-state index contributed by atoms with van der Waals surface area (Å²) >= 11 is 0. The molecule has 11 nitrogen and oxygen atoms in total. The molecule has 0 aliphatic rings. The van der Waals surface area contributed by atoms with Gasteiger partial charge in [-0.25, -0.2) is 9.78 Å². The van der Waals surface area contributed by atoms with Gasteiger partial charge in [0.15, 0.2) is 0 Å². The third kappa shape index (κ3) is 7.30. The molecular weight excluding hydrogens is 344 g/mol. The third-order valence-electron chi connectivity index (χ3n) is 3.45. The molecular formula is C15H24N6O5. The number of aromatic amines is 1. The highest BCUT2D eigenvalue weighted by molar-refractivity contribution is 5.90. The number of nitrogens with zero attached hydrogens (tertiary/aromatic N) is 1. The van der Waals surface area contributed by atoms with Crippen LogP contribution in [0.1, 0.15) is 19.5 Å². The Morgan fingerprint density at radius 3 is 2.38 bits per heavy atom. The van der Waals surface area contributed by atoms with E-state index in [0.717, 1.165) is 0 Å². The number of aliphatic carboxylic acids is 1. The highest BCUT2D eigenvalue weighted by Crippen LogP contribution is 2.01. The molecule has 0 fully saturated rings. The number of aromatic nitrogens is 2. The zero-order valence-corrected chi connectivity index (χ0v) is 14.6. The molecule has 1 heterocycles. The molecule has 7 N–H and O–H groups in total. The fourth-order valence-corrected chi connectivity index (χ4v) is 2.00. The molecule has 0 saturated heterocycles. The first kappa shape index (κ1) is 21.1. The summed E-state index contributed by atoms with van der Waals surface area (Å²) in [6.45, 7) is 2.56. The molecule has 0 saturated carbocycles. The van der Waals surface area contributed by atoms with Crippen molar-refractivity contribution in [3.05, 3.63) is 18.2 Å². The molecule has 2 unspecified atom stereocenters. The van der Waals surface area contributed by atoms with Crippen molar-refractivity contribution in [3.8, 4) is 0 Å². The van der Waals surface area contributed by atoms with E-state index >= 15 is 0 Å². The van der Waals surface area contributed by atoms with Crippen molar-refractivity contribution in [2.75, 3.05) is 13.1 Å². The van der Waals surface area contributed by atoms with Gasteiger partial charge in [0.1, 0.15) is 6.04 Å². The molecule has 0 spiro atoms. The average Bonchev–Trinajstić information content (AvgIpc) is 3.07. The maximum Gasteiger partial charge on any atom is 0.326 e. The first-order chi connectivity index (χ1) is 12.2. The number of carboxylic acids is 1. The van der Waals surface area contributed by atoms with Crippen LogP contribution in [0.5, 0.6) is 0 Å². The molecule has 26 heavy (non-hydrogen) atoms. The smallest absolute Gasteiger partial charge is 0.326 e. The summed E-state index contributed by atoms with van der Waals surface area (Å²) in [6, 6.07) is -1.89. The van der Waals surface area contributed by atoms with Crippen LogP contribution in [0.2, 0.25) is 0 Å². The number of carbonyl (C=O) groups is 4. The lowest BCUT2D eigenvalue weighted by Crippen LogP contribution is -2.50. The minimum atomic E-state index is -1.15. The van der Waals surface area contributed by atoms with Crippen molar-refractivity contribution in [1.82, 2.24) is 25.9 Å². The summed E-state index contributed by atoms with van der Waals surface area (Å²) in [6.07, 6.45) is 3.24. The number of imidazole rings is 1. The van der Waals surface area contributed by atoms with Crippen LogP contribution in [0.4, 0.5) is 0 Å². The van der Waals surface area contributed by atoms with Crippen molar-refractivity contribution in [1.29, 1.82) is 0 Å². The molecule has 11 heteroatoms. The van der Waals surface area contributed by atoms with E-state index in [-0.39, 0.29) is 18.9 Å². The Hall–Kier alpha value is -2.95. The lowest BCUT2D eigenvalue weighted by atomic mass is 10.1. The Labute approximate surface area is 150 Å². The first-order valence-corrected chi connectivity index (χ1v) is 8.00. The summed E-state index contributed by atoms with van der Waals surface area (Å²) in [5.74, 6) is -3.22. The van der Waals surface area contributed by atoms with E-state index < -0.39 is 42.3 Å². The maximum atomic E-state index is 11.8. The summed E-state index contributed by atoms with van der Waals surface area (Å²) in [5.41, 5.74) is 6.40. The number of nitrogens with two attached hydrogens (primary N) is 1. The van der Waals surface area contributed by atoms with Gasteiger partial charge in [-0.3, -0.25) is 14.4 Å². The average molecular weight is 368 g/mol. The second kappa shape index (κ2) is 10.1. The van der Waals surface area contributed by atoms with Crippen molar-refractivity contribution in [3.63, 3.8) is 0 Å². The van der Waals surface area contributed by atoms with Gasteiger partial charge in [0.25, 0.3) is 0 Å². The van der Waals surface area contributed by atoms with Crippen LogP contribution in [-0.2, 0) is 25.6 Å². The normalized spacial score (nSPS) is 12.9. The Bertz CT molecular complexity index is 630. The third-order valence-corrected chi connectivity index (χ3v) is 3.45. The number of nitrogens with one attached hydrogen (secondary N) is 4. The fourth-order valence-electron chi connectivity index (χ4n) is 2.00. The second-order valence-electron chi connectivity index (χ2n) is 6.01. The van der Waals surface area contributed by atoms with E-state index in [2.05, 4.69) is 25.9 Å². The molecule has 0 bridgehead atoms. The van der Waals surface area contributed by atoms with Gasteiger partial charge in [0, 0.05) is 18.3 Å². The lowest BCUT2D eigenvalue weighted by Gasteiger charge is -2.18. The highest BCUT2D eigenvalue weighted by Gasteiger charge is 2.23. The van der Waals surface area contributed by atoms with Crippen molar-refractivity contribution >= 4 is 23.7 Å². The standard InChI is InChI=1S/C15H24N6O5/c1-8(2)13(15(25)26)21-12(23)6-18-11(22)5-19-14(24)10(16)3-9-4-17-7-20-9/h4,7-8,10,13H,3,5-6,16H2,1-2H3,(H,17,20)(H,18,22)(H,19,24)(H,21,23)(H,25,26). The van der Waals surface area contributed by atoms with Crippen LogP contribution in [0.15, 0.2) is 12.5 Å². The van der Waals surface area contributed by atoms with Crippen LogP contribution in [0, 0.1) is 5.92 Å². The summed E-state index contributed by atoms with van der Waals surface area (Å²) in [4.78, 5) is 52.8. The molecule has 1 aromatic rings. The van der Waals surface area contributed by atoms with E-state index in [1.807, 2.05) is 0 Å². The van der Waals surface area contributed by atoms with Crippen LogP contribution in [0.25, 0.3) is 0 Å². The lowest BCUT2D eigenvalue weighted by molar-refractivity contribution is -0.143. The highest BCUT2D eigenvalue weighted by atomic mass is 16.4. The monoisotopic (exact) mass is 368 g/mol. The van der Waals surface area contributed by atoms with E-state index in [1.165, 1.54) is 6.33 Å². The van der Waals surface area contributed by atoms with Crippen LogP contribution in [0.3, 0.4) is 0 Å². The quantitative estimate of drug-likeness (QED) is 0.269. The minimum Gasteiger partial charge on any atom is -0.480 e. The van der Waals surface area contributed by atoms with Gasteiger partial charge in [-0.05, 0) is 5.92 Å². The molecule has 0 aliphatic carbocycles. The minimum absolute atomic E-state index is 0.238. The molecule has 2 atom stereocenters. The number of amides is 3. The van der Waals surface area contributed by atoms with Gasteiger partial charge < -0.3 is 31.8 Å². The summed E-state index contributed by atoms with van der Waals surface area (Å²) in [5, 5.41) is 16.0. The molecule has 0 aromatic carbocycles. The Kier molecular flexibility index (Phi) is 8.22. The number of carbonyl (C=O) groups excluding carboxylic acids is 3. The van der Waals surface area contributed by atoms with Gasteiger partial charge in [-0.15, -0.1) is 0 Å². The Morgan fingerprint density at radius 1 is 1.19 bits per heavy atom. The van der Waals surface area contributed by atoms with Crippen LogP contribution >= 0.6 is 0 Å². The number of hydrogen-bond donors (Lipinski definition) is 6. The summed E-state index contributed by atoms with van der Waals surface area (Å²) in [7, 11) is 0. The van der Waals surface area contributed by atoms with Gasteiger partial charge in [-0.2, -0.15) is 0 Å². The predicted molar refractivity (Wildman–Crippen MR) is 90.7 cm³/mol. The van der Waals surface area contributed by atoms with Crippen molar-refractivity contribution in [2.45, 2.75) is 32.4 Å². The number of rotatable bonds is 10. The molecule has 3 amide bonds. The van der Waals surface area contributed by atoms with E-state index in [4.69, 9.17) is 10.8 Å². The maximum absolute atomic E-state index is 11.8. The fraction of sp³-hybridized carbons (Fsp3) is 0.533. The zero-order chi connectivity index (χ0) is 19.7. The SMILES string of the molecule is CC(C)C(NC(=O)CNC(=O)CNC(=O)C(N)Cc1cnc[nH]1)C(=O)O. The van der Waals surface area contributed by atoms with Gasteiger partial charge >= 0.3 is 5.97 Å². The van der Waals surface area contributed by atoms with Gasteiger partial charge in [0.2, 0.25) is 17.7 Å². The van der Waals surface area contributed by atoms with Gasteiger partial charge in [0.05, 0.1) is 25.5 Å². The molecule has 144 valence electrons. The van der Waals surface area contributed by atoms with E-state index in [0.29, 0.717) is 5.69 Å². The van der Waals surface area contributed by atoms with Crippen LogP contribution in [-0.4, -0.2) is 63.9 Å². The number of H-pyrrole nitrogens is 1. The predicted octanol–water partition coefficient (Wildman–Crippen LogP) is -2.26. The second-order valence-corrected chi connectivity index (χ2v) is 6.01. The number of carboxylic acid groups (broad SMARTS) is 1. The zero-order valence-electron chi connectivity index (χ0n) is 14.6. The Morgan fingerprint density at radius 2 is 1.85 bits per heavy atom. The summed E-state index contributed by atoms with van der Waals surface area (Å²) < 4.78 is 0. The molecule has 1 aromatic heterocycles.